The second kappa shape index (κ2) is 9.90. The number of halogens is 1. The number of nitrogens with one attached hydrogen (secondary N) is 1. The van der Waals surface area contributed by atoms with Gasteiger partial charge in [0.25, 0.3) is 11.8 Å². The molecule has 0 bridgehead atoms. The molecule has 1 saturated heterocycles. The first-order valence-corrected chi connectivity index (χ1v) is 11.9. The Morgan fingerprint density at radius 2 is 1.38 bits per heavy atom. The topological polar surface area (TPSA) is 52.7 Å². The molecule has 0 unspecified atom stereocenters. The minimum absolute atomic E-state index is 0.0107. The summed E-state index contributed by atoms with van der Waals surface area (Å²) in [5, 5.41) is 3.69. The van der Waals surface area contributed by atoms with Gasteiger partial charge < -0.3 is 15.1 Å². The van der Waals surface area contributed by atoms with Crippen LogP contribution in [0.2, 0.25) is 5.02 Å². The maximum absolute atomic E-state index is 12.9. The Bertz CT molecular complexity index is 1160. The lowest BCUT2D eigenvalue weighted by Crippen LogP contribution is -2.49. The van der Waals surface area contributed by atoms with Crippen molar-refractivity contribution in [2.75, 3.05) is 36.4 Å². The summed E-state index contributed by atoms with van der Waals surface area (Å²) in [4.78, 5) is 29.8. The summed E-state index contributed by atoms with van der Waals surface area (Å²) in [6.07, 6.45) is 0. The van der Waals surface area contributed by atoms with Gasteiger partial charge in [0.15, 0.2) is 0 Å². The normalized spacial score (nSPS) is 14.1. The van der Waals surface area contributed by atoms with Crippen molar-refractivity contribution in [1.29, 1.82) is 0 Å². The smallest absolute Gasteiger partial charge is 0.255 e. The van der Waals surface area contributed by atoms with Crippen LogP contribution in [0.25, 0.3) is 0 Å². The number of carbonyl (C=O) groups is 2. The molecule has 1 heterocycles. The van der Waals surface area contributed by atoms with Crippen molar-refractivity contribution in [2.24, 2.45) is 0 Å². The molecule has 6 heteroatoms. The van der Waals surface area contributed by atoms with Gasteiger partial charge in [0.05, 0.1) is 11.4 Å². The zero-order valence-electron chi connectivity index (χ0n) is 19.8. The minimum atomic E-state index is -0.135. The maximum Gasteiger partial charge on any atom is 0.255 e. The highest BCUT2D eigenvalue weighted by Gasteiger charge is 2.24. The first-order valence-electron chi connectivity index (χ1n) is 11.5. The molecule has 176 valence electrons. The molecule has 0 saturated carbocycles. The van der Waals surface area contributed by atoms with Gasteiger partial charge in [-0.05, 0) is 59.5 Å². The first kappa shape index (κ1) is 23.8. The van der Waals surface area contributed by atoms with E-state index in [9.17, 15) is 9.59 Å². The third-order valence-corrected chi connectivity index (χ3v) is 6.42. The van der Waals surface area contributed by atoms with E-state index < -0.39 is 0 Å². The number of nitrogens with zero attached hydrogens (tertiary/aromatic N) is 2. The summed E-state index contributed by atoms with van der Waals surface area (Å²) in [5.41, 5.74) is 4.23. The molecule has 2 amide bonds. The fraction of sp³-hybridized carbons (Fsp3) is 0.286. The molecule has 1 aliphatic heterocycles. The van der Waals surface area contributed by atoms with Crippen LogP contribution < -0.4 is 10.2 Å². The van der Waals surface area contributed by atoms with Gasteiger partial charge in [-0.15, -0.1) is 0 Å². The number of hydrogen-bond donors (Lipinski definition) is 1. The highest BCUT2D eigenvalue weighted by molar-refractivity contribution is 6.30. The van der Waals surface area contributed by atoms with Crippen LogP contribution in [0, 0.1) is 0 Å². The standard InChI is InChI=1S/C28H30ClN3O2/c1-28(2,3)22-12-8-20(9-13-22)26(33)30-24-6-4-5-7-25(24)31-16-18-32(19-17-31)27(34)21-10-14-23(29)15-11-21/h4-15H,16-19H2,1-3H3,(H,30,33). The van der Waals surface area contributed by atoms with Crippen molar-refractivity contribution in [2.45, 2.75) is 26.2 Å². The Morgan fingerprint density at radius 1 is 0.794 bits per heavy atom. The lowest BCUT2D eigenvalue weighted by molar-refractivity contribution is 0.0746. The molecule has 0 radical (unpaired) electrons. The van der Waals surface area contributed by atoms with E-state index in [1.165, 1.54) is 5.56 Å². The number of benzene rings is 3. The molecule has 1 aliphatic rings. The van der Waals surface area contributed by atoms with Crippen LogP contribution in [-0.4, -0.2) is 42.9 Å². The Labute approximate surface area is 206 Å². The third kappa shape index (κ3) is 5.42. The van der Waals surface area contributed by atoms with Gasteiger partial charge in [0.1, 0.15) is 0 Å². The van der Waals surface area contributed by atoms with E-state index in [2.05, 4.69) is 31.0 Å². The molecule has 34 heavy (non-hydrogen) atoms. The van der Waals surface area contributed by atoms with E-state index in [1.807, 2.05) is 53.4 Å². The van der Waals surface area contributed by atoms with Gasteiger partial charge in [-0.25, -0.2) is 0 Å². The largest absolute Gasteiger partial charge is 0.366 e. The molecule has 0 aliphatic carbocycles. The summed E-state index contributed by atoms with van der Waals surface area (Å²) in [7, 11) is 0. The van der Waals surface area contributed by atoms with Crippen molar-refractivity contribution in [3.05, 3.63) is 94.5 Å². The first-order chi connectivity index (χ1) is 16.2. The summed E-state index contributed by atoms with van der Waals surface area (Å²) >= 11 is 5.94. The van der Waals surface area contributed by atoms with Crippen LogP contribution in [0.3, 0.4) is 0 Å². The van der Waals surface area contributed by atoms with E-state index in [0.29, 0.717) is 42.3 Å². The number of piperazine rings is 1. The zero-order valence-corrected chi connectivity index (χ0v) is 20.6. The van der Waals surface area contributed by atoms with Crippen molar-refractivity contribution in [3.8, 4) is 0 Å². The van der Waals surface area contributed by atoms with Gasteiger partial charge in [-0.2, -0.15) is 0 Å². The van der Waals surface area contributed by atoms with Gasteiger partial charge in [0.2, 0.25) is 0 Å². The minimum Gasteiger partial charge on any atom is -0.366 e. The van der Waals surface area contributed by atoms with Gasteiger partial charge in [-0.1, -0.05) is 56.6 Å². The Morgan fingerprint density at radius 3 is 2.00 bits per heavy atom. The SMILES string of the molecule is CC(C)(C)c1ccc(C(=O)Nc2ccccc2N2CCN(C(=O)c3ccc(Cl)cc3)CC2)cc1. The maximum atomic E-state index is 12.9. The molecular formula is C28H30ClN3O2. The number of anilines is 2. The summed E-state index contributed by atoms with van der Waals surface area (Å²) in [6.45, 7) is 9.05. The fourth-order valence-electron chi connectivity index (χ4n) is 4.10. The van der Waals surface area contributed by atoms with Crippen LogP contribution in [0.1, 0.15) is 47.1 Å². The van der Waals surface area contributed by atoms with E-state index in [1.54, 1.807) is 24.3 Å². The molecule has 0 atom stereocenters. The highest BCUT2D eigenvalue weighted by atomic mass is 35.5. The van der Waals surface area contributed by atoms with E-state index in [-0.39, 0.29) is 17.2 Å². The monoisotopic (exact) mass is 475 g/mol. The van der Waals surface area contributed by atoms with Crippen LogP contribution >= 0.6 is 11.6 Å². The number of para-hydroxylation sites is 2. The summed E-state index contributed by atoms with van der Waals surface area (Å²) in [6, 6.07) is 22.6. The lowest BCUT2D eigenvalue weighted by atomic mass is 9.87. The van der Waals surface area contributed by atoms with Crippen LogP contribution in [0.5, 0.6) is 0 Å². The predicted octanol–water partition coefficient (Wildman–Crippen LogP) is 5.85. The molecule has 4 rings (SSSR count). The van der Waals surface area contributed by atoms with Gasteiger partial charge in [0, 0.05) is 42.3 Å². The number of amides is 2. The van der Waals surface area contributed by atoms with Crippen molar-refractivity contribution in [1.82, 2.24) is 4.90 Å². The molecule has 0 aromatic heterocycles. The lowest BCUT2D eigenvalue weighted by Gasteiger charge is -2.37. The van der Waals surface area contributed by atoms with Gasteiger partial charge >= 0.3 is 0 Å². The van der Waals surface area contributed by atoms with Gasteiger partial charge in [-0.3, -0.25) is 9.59 Å². The number of hydrogen-bond acceptors (Lipinski definition) is 3. The highest BCUT2D eigenvalue weighted by Crippen LogP contribution is 2.28. The van der Waals surface area contributed by atoms with E-state index in [0.717, 1.165) is 11.4 Å². The second-order valence-electron chi connectivity index (χ2n) is 9.58. The fourth-order valence-corrected chi connectivity index (χ4v) is 4.22. The predicted molar refractivity (Wildman–Crippen MR) is 139 cm³/mol. The Balaban J connectivity index is 1.42. The average Bonchev–Trinajstić information content (AvgIpc) is 2.84. The van der Waals surface area contributed by atoms with Crippen LogP contribution in [-0.2, 0) is 5.41 Å². The Hall–Kier alpha value is -3.31. The van der Waals surface area contributed by atoms with E-state index in [4.69, 9.17) is 11.6 Å². The van der Waals surface area contributed by atoms with Crippen LogP contribution in [0.15, 0.2) is 72.8 Å². The quantitative estimate of drug-likeness (QED) is 0.514. The van der Waals surface area contributed by atoms with E-state index >= 15 is 0 Å². The molecular weight excluding hydrogens is 446 g/mol. The zero-order chi connectivity index (χ0) is 24.3. The molecule has 0 spiro atoms. The third-order valence-electron chi connectivity index (χ3n) is 6.16. The van der Waals surface area contributed by atoms with Crippen LogP contribution in [0.4, 0.5) is 11.4 Å². The number of carbonyl (C=O) groups excluding carboxylic acids is 2. The van der Waals surface area contributed by atoms with Crippen molar-refractivity contribution < 1.29 is 9.59 Å². The second-order valence-corrected chi connectivity index (χ2v) is 10.0. The number of rotatable bonds is 4. The average molecular weight is 476 g/mol. The molecule has 5 nitrogen and oxygen atoms in total. The summed E-state index contributed by atoms with van der Waals surface area (Å²) < 4.78 is 0. The molecule has 1 fully saturated rings. The molecule has 3 aromatic carbocycles. The molecule has 3 aromatic rings. The summed E-state index contributed by atoms with van der Waals surface area (Å²) in [5.74, 6) is -0.124. The van der Waals surface area contributed by atoms with Crippen molar-refractivity contribution >= 4 is 34.8 Å². The molecule has 1 N–H and O–H groups in total. The van der Waals surface area contributed by atoms with Crippen molar-refractivity contribution in [3.63, 3.8) is 0 Å². The Kier molecular flexibility index (Phi) is 6.94.